The third-order valence-corrected chi connectivity index (χ3v) is 11.1. The SMILES string of the molecule is c1ccc(-c2nc(-c3ccc(-c4ccc5oc6ccc7c(-c8ccccc8)nc8ccccc8c7c6c5c4)cc3)nc(-c3cccc4oc5ccccc5c34)n2)cc1. The van der Waals surface area contributed by atoms with E-state index in [4.69, 9.17) is 28.8 Å². The number of aromatic nitrogens is 4. The van der Waals surface area contributed by atoms with Crippen molar-refractivity contribution in [3.05, 3.63) is 182 Å². The Morgan fingerprint density at radius 1 is 0.293 bits per heavy atom. The minimum Gasteiger partial charge on any atom is -0.456 e. The highest BCUT2D eigenvalue weighted by atomic mass is 16.3. The van der Waals surface area contributed by atoms with Crippen LogP contribution in [0.4, 0.5) is 0 Å². The van der Waals surface area contributed by atoms with Gasteiger partial charge in [0.25, 0.3) is 0 Å². The van der Waals surface area contributed by atoms with Crippen LogP contribution in [0.1, 0.15) is 0 Å². The van der Waals surface area contributed by atoms with Crippen molar-refractivity contribution in [1.29, 1.82) is 0 Å². The zero-order valence-electron chi connectivity index (χ0n) is 30.9. The molecule has 6 heteroatoms. The van der Waals surface area contributed by atoms with E-state index in [-0.39, 0.29) is 0 Å². The number of rotatable bonds is 5. The quantitative estimate of drug-likeness (QED) is 0.163. The van der Waals surface area contributed by atoms with Gasteiger partial charge in [0.15, 0.2) is 17.5 Å². The summed E-state index contributed by atoms with van der Waals surface area (Å²) in [5, 5.41) is 7.51. The lowest BCUT2D eigenvalue weighted by Gasteiger charge is -2.11. The van der Waals surface area contributed by atoms with E-state index in [2.05, 4.69) is 109 Å². The number of pyridine rings is 1. The summed E-state index contributed by atoms with van der Waals surface area (Å²) in [6.45, 7) is 0. The fourth-order valence-electron chi connectivity index (χ4n) is 8.42. The van der Waals surface area contributed by atoms with E-state index in [1.807, 2.05) is 72.8 Å². The first-order valence-electron chi connectivity index (χ1n) is 19.3. The Labute approximate surface area is 331 Å². The van der Waals surface area contributed by atoms with E-state index < -0.39 is 0 Å². The van der Waals surface area contributed by atoms with E-state index in [9.17, 15) is 0 Å². The molecule has 0 saturated heterocycles. The first-order valence-corrected chi connectivity index (χ1v) is 19.3. The summed E-state index contributed by atoms with van der Waals surface area (Å²) in [6.07, 6.45) is 0. The summed E-state index contributed by atoms with van der Waals surface area (Å²) >= 11 is 0. The lowest BCUT2D eigenvalue weighted by Crippen LogP contribution is -2.00. The maximum atomic E-state index is 6.51. The number of para-hydroxylation sites is 2. The molecule has 12 aromatic rings. The second kappa shape index (κ2) is 12.8. The molecule has 58 heavy (non-hydrogen) atoms. The van der Waals surface area contributed by atoms with Crippen LogP contribution in [0.5, 0.6) is 0 Å². The molecule has 0 N–H and O–H groups in total. The van der Waals surface area contributed by atoms with Gasteiger partial charge in [-0.25, -0.2) is 19.9 Å². The molecule has 0 aliphatic carbocycles. The number of benzene rings is 8. The molecule has 270 valence electrons. The highest BCUT2D eigenvalue weighted by molar-refractivity contribution is 6.28. The lowest BCUT2D eigenvalue weighted by atomic mass is 9.95. The highest BCUT2D eigenvalue weighted by Gasteiger charge is 2.20. The van der Waals surface area contributed by atoms with Crippen LogP contribution in [-0.4, -0.2) is 19.9 Å². The average Bonchev–Trinajstić information content (AvgIpc) is 3.87. The molecule has 0 amide bonds. The molecule has 6 nitrogen and oxygen atoms in total. The van der Waals surface area contributed by atoms with Crippen LogP contribution >= 0.6 is 0 Å². The lowest BCUT2D eigenvalue weighted by molar-refractivity contribution is 0.668. The van der Waals surface area contributed by atoms with Crippen LogP contribution in [0, 0.1) is 0 Å². The fraction of sp³-hybridized carbons (Fsp3) is 0. The highest BCUT2D eigenvalue weighted by Crippen LogP contribution is 2.42. The number of nitrogens with zero attached hydrogens (tertiary/aromatic N) is 4. The van der Waals surface area contributed by atoms with Crippen LogP contribution in [0.25, 0.3) is 122 Å². The van der Waals surface area contributed by atoms with E-state index in [1.165, 1.54) is 0 Å². The van der Waals surface area contributed by atoms with Crippen molar-refractivity contribution in [3.63, 3.8) is 0 Å². The summed E-state index contributed by atoms with van der Waals surface area (Å²) in [5.74, 6) is 1.79. The summed E-state index contributed by atoms with van der Waals surface area (Å²) in [5.41, 5.74) is 11.2. The Morgan fingerprint density at radius 2 is 0.862 bits per heavy atom. The van der Waals surface area contributed by atoms with Crippen molar-refractivity contribution in [2.24, 2.45) is 0 Å². The zero-order valence-corrected chi connectivity index (χ0v) is 30.9. The fourth-order valence-corrected chi connectivity index (χ4v) is 8.42. The number of hydrogen-bond donors (Lipinski definition) is 0. The molecular formula is C52H30N4O2. The Kier molecular flexibility index (Phi) is 7.13. The summed E-state index contributed by atoms with van der Waals surface area (Å²) in [7, 11) is 0. The van der Waals surface area contributed by atoms with Gasteiger partial charge in [0.1, 0.15) is 22.3 Å². The van der Waals surface area contributed by atoms with Gasteiger partial charge in [-0.1, -0.05) is 140 Å². The molecule has 0 spiro atoms. The normalized spacial score (nSPS) is 11.8. The van der Waals surface area contributed by atoms with Crippen LogP contribution < -0.4 is 0 Å². The largest absolute Gasteiger partial charge is 0.456 e. The molecule has 0 bridgehead atoms. The van der Waals surface area contributed by atoms with Crippen LogP contribution in [0.3, 0.4) is 0 Å². The first kappa shape index (κ1) is 32.3. The van der Waals surface area contributed by atoms with Gasteiger partial charge in [0, 0.05) is 60.0 Å². The molecule has 0 fully saturated rings. The second-order valence-electron chi connectivity index (χ2n) is 14.5. The Bertz CT molecular complexity index is 3560. The topological polar surface area (TPSA) is 77.8 Å². The molecule has 4 heterocycles. The number of furan rings is 2. The molecule has 0 radical (unpaired) electrons. The minimum atomic E-state index is 0.591. The van der Waals surface area contributed by atoms with Crippen molar-refractivity contribution >= 4 is 65.6 Å². The van der Waals surface area contributed by atoms with Crippen molar-refractivity contribution in [2.45, 2.75) is 0 Å². The zero-order chi connectivity index (χ0) is 38.2. The molecule has 0 unspecified atom stereocenters. The van der Waals surface area contributed by atoms with Crippen LogP contribution in [-0.2, 0) is 0 Å². The smallest absolute Gasteiger partial charge is 0.164 e. The van der Waals surface area contributed by atoms with E-state index >= 15 is 0 Å². The summed E-state index contributed by atoms with van der Waals surface area (Å²) in [6, 6.07) is 62.1. The molecule has 4 aromatic heterocycles. The van der Waals surface area contributed by atoms with Gasteiger partial charge in [0.05, 0.1) is 11.2 Å². The maximum Gasteiger partial charge on any atom is 0.164 e. The molecule has 0 aliphatic rings. The predicted molar refractivity (Wildman–Crippen MR) is 234 cm³/mol. The standard InChI is InChI=1S/C52H30N4O2/c1-3-12-32(13-4-1)49-38-27-29-45-48(47(38)36-16-7-9-19-41(36)53-49)40-30-35(26-28-43(40)58-45)31-22-24-34(25-23-31)51-54-50(33-14-5-2-6-15-33)55-52(56-51)39-18-11-21-44-46(39)37-17-8-10-20-42(37)57-44/h1-30H. The predicted octanol–water partition coefficient (Wildman–Crippen LogP) is 13.7. The van der Waals surface area contributed by atoms with Gasteiger partial charge in [-0.3, -0.25) is 0 Å². The monoisotopic (exact) mass is 742 g/mol. The Morgan fingerprint density at radius 3 is 1.66 bits per heavy atom. The van der Waals surface area contributed by atoms with Crippen molar-refractivity contribution in [1.82, 2.24) is 19.9 Å². The molecule has 0 aliphatic heterocycles. The van der Waals surface area contributed by atoms with Gasteiger partial charge in [-0.2, -0.15) is 0 Å². The summed E-state index contributed by atoms with van der Waals surface area (Å²) in [4.78, 5) is 20.3. The Hall–Kier alpha value is -7.96. The number of hydrogen-bond acceptors (Lipinski definition) is 6. The second-order valence-corrected chi connectivity index (χ2v) is 14.5. The average molecular weight is 743 g/mol. The minimum absolute atomic E-state index is 0.591. The van der Waals surface area contributed by atoms with Gasteiger partial charge in [-0.15, -0.1) is 0 Å². The van der Waals surface area contributed by atoms with Gasteiger partial charge in [0.2, 0.25) is 0 Å². The molecule has 0 saturated carbocycles. The number of fused-ring (bicyclic) bond motifs is 10. The van der Waals surface area contributed by atoms with Crippen LogP contribution in [0.15, 0.2) is 191 Å². The van der Waals surface area contributed by atoms with Crippen LogP contribution in [0.2, 0.25) is 0 Å². The molecular weight excluding hydrogens is 713 g/mol. The Balaban J connectivity index is 1.000. The van der Waals surface area contributed by atoms with Gasteiger partial charge >= 0.3 is 0 Å². The van der Waals surface area contributed by atoms with Gasteiger partial charge in [-0.05, 0) is 53.6 Å². The third-order valence-electron chi connectivity index (χ3n) is 11.1. The van der Waals surface area contributed by atoms with E-state index in [0.29, 0.717) is 17.5 Å². The van der Waals surface area contributed by atoms with Crippen molar-refractivity contribution in [2.75, 3.05) is 0 Å². The van der Waals surface area contributed by atoms with E-state index in [1.54, 1.807) is 0 Å². The molecule has 0 atom stereocenters. The molecule has 8 aromatic carbocycles. The molecule has 12 rings (SSSR count). The summed E-state index contributed by atoms with van der Waals surface area (Å²) < 4.78 is 12.7. The van der Waals surface area contributed by atoms with Crippen molar-refractivity contribution in [3.8, 4) is 56.5 Å². The van der Waals surface area contributed by atoms with Gasteiger partial charge < -0.3 is 8.83 Å². The third kappa shape index (κ3) is 5.12. The maximum absolute atomic E-state index is 6.51. The van der Waals surface area contributed by atoms with E-state index in [0.717, 1.165) is 105 Å². The van der Waals surface area contributed by atoms with Crippen molar-refractivity contribution < 1.29 is 8.83 Å². The first-order chi connectivity index (χ1) is 28.7.